The molecule has 6 nitrogen and oxygen atoms in total. The standard InChI is InChI=1S/C23H14N4O2S2/c28-22-19(31-23-25-20(26-27(22)23)12-14-6-2-1-3-7-14)13-15-10-11-17(29-15)21-24-16-8-4-5-9-18(16)30-21/h1-11,13H,12H2/b19-13-. The van der Waals surface area contributed by atoms with Gasteiger partial charge >= 0.3 is 0 Å². The molecule has 0 saturated heterocycles. The van der Waals surface area contributed by atoms with Crippen molar-refractivity contribution in [2.24, 2.45) is 0 Å². The number of benzene rings is 2. The highest BCUT2D eigenvalue weighted by atomic mass is 32.1. The number of furan rings is 1. The number of rotatable bonds is 4. The Morgan fingerprint density at radius 3 is 2.61 bits per heavy atom. The Hall–Kier alpha value is -3.62. The summed E-state index contributed by atoms with van der Waals surface area (Å²) >= 11 is 2.89. The van der Waals surface area contributed by atoms with Crippen LogP contribution in [-0.4, -0.2) is 19.6 Å². The fourth-order valence-corrected chi connectivity index (χ4v) is 5.21. The second-order valence-corrected chi connectivity index (χ2v) is 9.03. The first kappa shape index (κ1) is 18.2. The lowest BCUT2D eigenvalue weighted by molar-refractivity contribution is 0.571. The molecular formula is C23H14N4O2S2. The lowest BCUT2D eigenvalue weighted by atomic mass is 10.1. The molecule has 150 valence electrons. The van der Waals surface area contributed by atoms with Crippen LogP contribution < -0.4 is 10.1 Å². The molecule has 0 radical (unpaired) electrons. The predicted molar refractivity (Wildman–Crippen MR) is 122 cm³/mol. The van der Waals surface area contributed by atoms with Crippen LogP contribution in [0.25, 0.3) is 32.0 Å². The number of thiazole rings is 2. The van der Waals surface area contributed by atoms with E-state index in [1.54, 1.807) is 17.4 Å². The van der Waals surface area contributed by atoms with Gasteiger partial charge in [0.2, 0.25) is 4.96 Å². The molecule has 4 heterocycles. The lowest BCUT2D eigenvalue weighted by Crippen LogP contribution is -2.23. The normalized spacial score (nSPS) is 12.3. The van der Waals surface area contributed by atoms with E-state index in [0.29, 0.717) is 33.3 Å². The van der Waals surface area contributed by atoms with Gasteiger partial charge in [0.25, 0.3) is 5.56 Å². The molecule has 0 aliphatic heterocycles. The van der Waals surface area contributed by atoms with E-state index in [1.807, 2.05) is 66.7 Å². The number of para-hydroxylation sites is 1. The molecule has 0 atom stereocenters. The van der Waals surface area contributed by atoms with Crippen molar-refractivity contribution in [3.8, 4) is 10.8 Å². The third-order valence-corrected chi connectivity index (χ3v) is 6.85. The minimum atomic E-state index is -0.190. The van der Waals surface area contributed by atoms with Crippen molar-refractivity contribution in [1.29, 1.82) is 0 Å². The van der Waals surface area contributed by atoms with Crippen molar-refractivity contribution < 1.29 is 4.42 Å². The Balaban J connectivity index is 1.32. The molecule has 0 saturated carbocycles. The number of hydrogen-bond donors (Lipinski definition) is 0. The molecule has 6 rings (SSSR count). The first-order valence-corrected chi connectivity index (χ1v) is 11.3. The summed E-state index contributed by atoms with van der Waals surface area (Å²) < 4.78 is 8.95. The lowest BCUT2D eigenvalue weighted by Gasteiger charge is -1.94. The molecule has 0 aliphatic carbocycles. The second kappa shape index (κ2) is 7.26. The topological polar surface area (TPSA) is 73.3 Å². The highest BCUT2D eigenvalue weighted by molar-refractivity contribution is 7.21. The Bertz CT molecular complexity index is 1610. The molecule has 8 heteroatoms. The van der Waals surface area contributed by atoms with Gasteiger partial charge in [-0.2, -0.15) is 4.52 Å². The summed E-state index contributed by atoms with van der Waals surface area (Å²) in [5.74, 6) is 1.92. The van der Waals surface area contributed by atoms with Crippen molar-refractivity contribution >= 4 is 43.9 Å². The van der Waals surface area contributed by atoms with Crippen LogP contribution in [0.5, 0.6) is 0 Å². The highest BCUT2D eigenvalue weighted by Gasteiger charge is 2.13. The minimum Gasteiger partial charge on any atom is -0.454 e. The van der Waals surface area contributed by atoms with Gasteiger partial charge in [0.1, 0.15) is 10.3 Å². The average Bonchev–Trinajstić information content (AvgIpc) is 3.55. The summed E-state index contributed by atoms with van der Waals surface area (Å²) in [4.78, 5) is 22.5. The Morgan fingerprint density at radius 1 is 0.935 bits per heavy atom. The van der Waals surface area contributed by atoms with Gasteiger partial charge in [0.15, 0.2) is 16.6 Å². The smallest absolute Gasteiger partial charge is 0.291 e. The van der Waals surface area contributed by atoms with Crippen LogP contribution in [0.15, 0.2) is 75.9 Å². The van der Waals surface area contributed by atoms with Gasteiger partial charge in [-0.1, -0.05) is 53.8 Å². The molecule has 2 aromatic carbocycles. The molecule has 0 amide bonds. The minimum absolute atomic E-state index is 0.190. The van der Waals surface area contributed by atoms with Gasteiger partial charge in [-0.05, 0) is 29.8 Å². The zero-order valence-corrected chi connectivity index (χ0v) is 17.7. The summed E-state index contributed by atoms with van der Waals surface area (Å²) in [6, 6.07) is 21.7. The zero-order valence-electron chi connectivity index (χ0n) is 16.1. The van der Waals surface area contributed by atoms with E-state index < -0.39 is 0 Å². The van der Waals surface area contributed by atoms with Gasteiger partial charge in [-0.25, -0.2) is 9.97 Å². The molecule has 0 bridgehead atoms. The van der Waals surface area contributed by atoms with Crippen LogP contribution in [0, 0.1) is 0 Å². The molecule has 31 heavy (non-hydrogen) atoms. The first-order chi connectivity index (χ1) is 15.2. The summed E-state index contributed by atoms with van der Waals surface area (Å²) in [5.41, 5.74) is 1.87. The molecule has 0 spiro atoms. The van der Waals surface area contributed by atoms with Crippen molar-refractivity contribution in [3.05, 3.63) is 98.8 Å². The fraction of sp³-hybridized carbons (Fsp3) is 0.0435. The maximum absolute atomic E-state index is 12.8. The SMILES string of the molecule is O=c1/c(=C/c2ccc(-c3nc4ccccc4s3)o2)sc2nc(Cc3ccccc3)nn12. The summed E-state index contributed by atoms with van der Waals surface area (Å²) in [7, 11) is 0. The molecule has 0 N–H and O–H groups in total. The van der Waals surface area contributed by atoms with Crippen LogP contribution in [0.3, 0.4) is 0 Å². The molecule has 6 aromatic rings. The summed E-state index contributed by atoms with van der Waals surface area (Å²) in [5, 5.41) is 5.21. The Morgan fingerprint density at radius 2 is 1.77 bits per heavy atom. The summed E-state index contributed by atoms with van der Waals surface area (Å²) in [6.45, 7) is 0. The van der Waals surface area contributed by atoms with Gasteiger partial charge in [-0.15, -0.1) is 16.4 Å². The third-order valence-electron chi connectivity index (χ3n) is 4.84. The fourth-order valence-electron chi connectivity index (χ4n) is 3.38. The quantitative estimate of drug-likeness (QED) is 0.410. The van der Waals surface area contributed by atoms with Crippen LogP contribution in [0.2, 0.25) is 0 Å². The van der Waals surface area contributed by atoms with E-state index in [1.165, 1.54) is 15.9 Å². The van der Waals surface area contributed by atoms with Crippen molar-refractivity contribution in [2.75, 3.05) is 0 Å². The highest BCUT2D eigenvalue weighted by Crippen LogP contribution is 2.31. The Kier molecular flexibility index (Phi) is 4.26. The van der Waals surface area contributed by atoms with Crippen LogP contribution in [-0.2, 0) is 6.42 Å². The first-order valence-electron chi connectivity index (χ1n) is 9.63. The van der Waals surface area contributed by atoms with Crippen molar-refractivity contribution in [3.63, 3.8) is 0 Å². The third kappa shape index (κ3) is 3.35. The second-order valence-electron chi connectivity index (χ2n) is 6.99. The van der Waals surface area contributed by atoms with Crippen LogP contribution >= 0.6 is 22.7 Å². The molecule has 0 unspecified atom stereocenters. The Labute approximate surface area is 183 Å². The number of fused-ring (bicyclic) bond motifs is 2. The van der Waals surface area contributed by atoms with E-state index in [-0.39, 0.29) is 5.56 Å². The van der Waals surface area contributed by atoms with Gasteiger partial charge in [-0.3, -0.25) is 4.79 Å². The average molecular weight is 443 g/mol. The largest absolute Gasteiger partial charge is 0.454 e. The van der Waals surface area contributed by atoms with Crippen molar-refractivity contribution in [1.82, 2.24) is 19.6 Å². The van der Waals surface area contributed by atoms with Crippen LogP contribution in [0.1, 0.15) is 17.1 Å². The van der Waals surface area contributed by atoms with E-state index >= 15 is 0 Å². The van der Waals surface area contributed by atoms with Gasteiger partial charge < -0.3 is 4.42 Å². The molecule has 0 fully saturated rings. The number of hydrogen-bond acceptors (Lipinski definition) is 7. The molecule has 4 aromatic heterocycles. The van der Waals surface area contributed by atoms with Crippen molar-refractivity contribution in [2.45, 2.75) is 6.42 Å². The van der Waals surface area contributed by atoms with E-state index in [0.717, 1.165) is 20.8 Å². The predicted octanol–water partition coefficient (Wildman–Crippen LogP) is 4.16. The maximum atomic E-state index is 12.8. The van der Waals surface area contributed by atoms with E-state index in [9.17, 15) is 4.79 Å². The van der Waals surface area contributed by atoms with Gasteiger partial charge in [0, 0.05) is 12.5 Å². The van der Waals surface area contributed by atoms with Gasteiger partial charge in [0.05, 0.1) is 10.2 Å². The summed E-state index contributed by atoms with van der Waals surface area (Å²) in [6.07, 6.45) is 2.33. The molecular weight excluding hydrogens is 428 g/mol. The maximum Gasteiger partial charge on any atom is 0.291 e. The van der Waals surface area contributed by atoms with Crippen LogP contribution in [0.4, 0.5) is 0 Å². The van der Waals surface area contributed by atoms with E-state index in [2.05, 4.69) is 15.1 Å². The monoisotopic (exact) mass is 442 g/mol. The number of aromatic nitrogens is 4. The zero-order chi connectivity index (χ0) is 20.8. The van der Waals surface area contributed by atoms with E-state index in [4.69, 9.17) is 4.42 Å². The number of nitrogens with zero attached hydrogens (tertiary/aromatic N) is 4. The molecule has 0 aliphatic rings.